The Labute approximate surface area is 102 Å². The highest BCUT2D eigenvalue weighted by Gasteiger charge is 2.27. The lowest BCUT2D eigenvalue weighted by Gasteiger charge is -2.23. The molecule has 4 heteroatoms. The van der Waals surface area contributed by atoms with Crippen LogP contribution >= 0.6 is 11.8 Å². The van der Waals surface area contributed by atoms with Crippen LogP contribution in [0.15, 0.2) is 0 Å². The van der Waals surface area contributed by atoms with E-state index in [1.54, 1.807) is 0 Å². The Balaban J connectivity index is 1.75. The molecule has 0 radical (unpaired) electrons. The van der Waals surface area contributed by atoms with Crippen LogP contribution in [-0.2, 0) is 4.79 Å². The Bertz CT molecular complexity index is 241. The van der Waals surface area contributed by atoms with Gasteiger partial charge < -0.3 is 10.0 Å². The number of hydrogen-bond acceptors (Lipinski definition) is 3. The van der Waals surface area contributed by atoms with E-state index in [0.29, 0.717) is 17.7 Å². The van der Waals surface area contributed by atoms with Crippen LogP contribution in [-0.4, -0.2) is 47.1 Å². The minimum atomic E-state index is 0.226. The molecule has 2 fully saturated rings. The van der Waals surface area contributed by atoms with Gasteiger partial charge in [-0.15, -0.1) is 0 Å². The van der Waals surface area contributed by atoms with Crippen molar-refractivity contribution in [2.75, 3.05) is 31.2 Å². The van der Waals surface area contributed by atoms with Gasteiger partial charge in [0, 0.05) is 32.0 Å². The second-order valence-corrected chi connectivity index (χ2v) is 6.16. The molecule has 0 aromatic heterocycles. The number of aliphatic hydroxyl groups excluding tert-OH is 1. The quantitative estimate of drug-likeness (QED) is 0.813. The second kappa shape index (κ2) is 5.92. The van der Waals surface area contributed by atoms with E-state index in [2.05, 4.69) is 0 Å². The van der Waals surface area contributed by atoms with Crippen molar-refractivity contribution in [1.82, 2.24) is 4.90 Å². The maximum absolute atomic E-state index is 12.0. The maximum Gasteiger partial charge on any atom is 0.222 e. The summed E-state index contributed by atoms with van der Waals surface area (Å²) in [7, 11) is 0. The zero-order valence-corrected chi connectivity index (χ0v) is 10.5. The van der Waals surface area contributed by atoms with Gasteiger partial charge in [-0.25, -0.2) is 0 Å². The predicted molar refractivity (Wildman–Crippen MR) is 66.4 cm³/mol. The molecule has 1 N–H and O–H groups in total. The van der Waals surface area contributed by atoms with Crippen LogP contribution in [0.5, 0.6) is 0 Å². The molecule has 0 bridgehead atoms. The highest BCUT2D eigenvalue weighted by molar-refractivity contribution is 7.99. The highest BCUT2D eigenvalue weighted by atomic mass is 32.2. The summed E-state index contributed by atoms with van der Waals surface area (Å²) in [6, 6.07) is 0. The molecule has 2 aliphatic heterocycles. The van der Waals surface area contributed by atoms with E-state index >= 15 is 0 Å². The van der Waals surface area contributed by atoms with Gasteiger partial charge in [0.1, 0.15) is 0 Å². The van der Waals surface area contributed by atoms with E-state index in [1.165, 1.54) is 24.3 Å². The van der Waals surface area contributed by atoms with Crippen molar-refractivity contribution in [3.05, 3.63) is 0 Å². The number of aliphatic hydroxyl groups is 1. The minimum absolute atomic E-state index is 0.226. The van der Waals surface area contributed by atoms with Crippen molar-refractivity contribution in [2.45, 2.75) is 25.7 Å². The molecule has 0 spiro atoms. The monoisotopic (exact) mass is 243 g/mol. The fourth-order valence-corrected chi connectivity index (χ4v) is 3.74. The largest absolute Gasteiger partial charge is 0.396 e. The fourth-order valence-electron chi connectivity index (χ4n) is 2.53. The number of amides is 1. The fraction of sp³-hybridized carbons (Fsp3) is 0.917. The van der Waals surface area contributed by atoms with Gasteiger partial charge in [-0.05, 0) is 36.7 Å². The van der Waals surface area contributed by atoms with Crippen molar-refractivity contribution < 1.29 is 9.90 Å². The van der Waals surface area contributed by atoms with Crippen LogP contribution in [0.1, 0.15) is 25.7 Å². The average molecular weight is 243 g/mol. The molecule has 2 heterocycles. The summed E-state index contributed by atoms with van der Waals surface area (Å²) in [6.45, 7) is 1.85. The third-order valence-electron chi connectivity index (χ3n) is 3.70. The Kier molecular flexibility index (Phi) is 4.53. The van der Waals surface area contributed by atoms with Crippen LogP contribution in [0.2, 0.25) is 0 Å². The van der Waals surface area contributed by atoms with E-state index in [9.17, 15) is 4.79 Å². The number of carbonyl (C=O) groups excluding carboxylic acids is 1. The molecule has 92 valence electrons. The van der Waals surface area contributed by atoms with Crippen LogP contribution in [0, 0.1) is 11.8 Å². The molecule has 2 aliphatic rings. The SMILES string of the molecule is O=C(CC1CCSCC1)N1CCC(CO)C1. The summed E-state index contributed by atoms with van der Waals surface area (Å²) in [5, 5.41) is 9.05. The van der Waals surface area contributed by atoms with Crippen molar-refractivity contribution in [1.29, 1.82) is 0 Å². The standard InChI is InChI=1S/C12H21NO2S/c14-9-11-1-4-13(8-11)12(15)7-10-2-5-16-6-3-10/h10-11,14H,1-9H2. The number of rotatable bonds is 3. The third kappa shape index (κ3) is 3.14. The average Bonchev–Trinajstić information content (AvgIpc) is 2.79. The van der Waals surface area contributed by atoms with Gasteiger partial charge in [0.15, 0.2) is 0 Å². The first-order valence-corrected chi connectivity index (χ1v) is 7.41. The van der Waals surface area contributed by atoms with Crippen molar-refractivity contribution in [3.8, 4) is 0 Å². The molecule has 1 atom stereocenters. The van der Waals surface area contributed by atoms with Gasteiger partial charge in [0.2, 0.25) is 5.91 Å². The van der Waals surface area contributed by atoms with E-state index in [0.717, 1.165) is 25.9 Å². The van der Waals surface area contributed by atoms with Crippen molar-refractivity contribution in [3.63, 3.8) is 0 Å². The van der Waals surface area contributed by atoms with Gasteiger partial charge in [0.05, 0.1) is 0 Å². The molecular formula is C12H21NO2S. The minimum Gasteiger partial charge on any atom is -0.396 e. The van der Waals surface area contributed by atoms with Gasteiger partial charge in [-0.2, -0.15) is 11.8 Å². The Hall–Kier alpha value is -0.220. The summed E-state index contributed by atoms with van der Waals surface area (Å²) in [5.74, 6) is 3.69. The van der Waals surface area contributed by atoms with E-state index in [4.69, 9.17) is 5.11 Å². The van der Waals surface area contributed by atoms with Crippen LogP contribution in [0.25, 0.3) is 0 Å². The molecule has 0 aliphatic carbocycles. The van der Waals surface area contributed by atoms with Gasteiger partial charge in [-0.1, -0.05) is 0 Å². The lowest BCUT2D eigenvalue weighted by Crippen LogP contribution is -2.31. The first-order valence-electron chi connectivity index (χ1n) is 6.26. The topological polar surface area (TPSA) is 40.5 Å². The lowest BCUT2D eigenvalue weighted by molar-refractivity contribution is -0.131. The maximum atomic E-state index is 12.0. The number of thioether (sulfide) groups is 1. The molecule has 1 unspecified atom stereocenters. The van der Waals surface area contributed by atoms with E-state index < -0.39 is 0 Å². The van der Waals surface area contributed by atoms with Crippen LogP contribution in [0.4, 0.5) is 0 Å². The summed E-state index contributed by atoms with van der Waals surface area (Å²) in [4.78, 5) is 14.0. The van der Waals surface area contributed by atoms with Gasteiger partial charge >= 0.3 is 0 Å². The summed E-state index contributed by atoms with van der Waals surface area (Å²) in [6.07, 6.45) is 4.11. The Morgan fingerprint density at radius 1 is 1.25 bits per heavy atom. The first kappa shape index (κ1) is 12.2. The van der Waals surface area contributed by atoms with Crippen LogP contribution < -0.4 is 0 Å². The third-order valence-corrected chi connectivity index (χ3v) is 4.75. The van der Waals surface area contributed by atoms with Crippen LogP contribution in [0.3, 0.4) is 0 Å². The molecular weight excluding hydrogens is 222 g/mol. The summed E-state index contributed by atoms with van der Waals surface area (Å²) >= 11 is 2.00. The molecule has 0 aromatic rings. The zero-order valence-electron chi connectivity index (χ0n) is 9.73. The Morgan fingerprint density at radius 3 is 2.62 bits per heavy atom. The molecule has 2 rings (SSSR count). The molecule has 1 amide bonds. The molecule has 2 saturated heterocycles. The lowest BCUT2D eigenvalue weighted by atomic mass is 9.98. The molecule has 0 aromatic carbocycles. The zero-order chi connectivity index (χ0) is 11.4. The van der Waals surface area contributed by atoms with Crippen molar-refractivity contribution >= 4 is 17.7 Å². The normalized spacial score (nSPS) is 27.3. The molecule has 0 saturated carbocycles. The first-order chi connectivity index (χ1) is 7.79. The van der Waals surface area contributed by atoms with Gasteiger partial charge in [-0.3, -0.25) is 4.79 Å². The number of carbonyl (C=O) groups is 1. The van der Waals surface area contributed by atoms with E-state index in [1.807, 2.05) is 16.7 Å². The summed E-state index contributed by atoms with van der Waals surface area (Å²) < 4.78 is 0. The molecule has 3 nitrogen and oxygen atoms in total. The molecule has 16 heavy (non-hydrogen) atoms. The Morgan fingerprint density at radius 2 is 2.00 bits per heavy atom. The van der Waals surface area contributed by atoms with Crippen molar-refractivity contribution in [2.24, 2.45) is 11.8 Å². The second-order valence-electron chi connectivity index (χ2n) is 4.94. The van der Waals surface area contributed by atoms with Gasteiger partial charge in [0.25, 0.3) is 0 Å². The highest BCUT2D eigenvalue weighted by Crippen LogP contribution is 2.27. The number of nitrogens with zero attached hydrogens (tertiary/aromatic N) is 1. The predicted octanol–water partition coefficient (Wildman–Crippen LogP) is 1.36. The number of likely N-dealkylation sites (tertiary alicyclic amines) is 1. The summed E-state index contributed by atoms with van der Waals surface area (Å²) in [5.41, 5.74) is 0. The smallest absolute Gasteiger partial charge is 0.222 e. The number of hydrogen-bond donors (Lipinski definition) is 1. The van der Waals surface area contributed by atoms with E-state index in [-0.39, 0.29) is 6.61 Å².